The molecule has 0 atom stereocenters. The van der Waals surface area contributed by atoms with E-state index >= 15 is 0 Å². The number of hydrogen-bond donors (Lipinski definition) is 3. The number of nitrogens with two attached hydrogens (primary N) is 1. The van der Waals surface area contributed by atoms with Crippen LogP contribution in [0.5, 0.6) is 0 Å². The first-order chi connectivity index (χ1) is 17.7. The highest BCUT2D eigenvalue weighted by atomic mass is 35.5. The molecule has 1 aliphatic carbocycles. The van der Waals surface area contributed by atoms with Crippen LogP contribution in [0.4, 0.5) is 10.1 Å². The number of halogens is 2. The molecule has 198 valence electrons. The first-order valence-electron chi connectivity index (χ1n) is 12.5. The SMILES string of the molecule is NC(=O)c1[nH]cnc1C(=O)N(CCN1CC2(CCO2)C1)[C@H]1CC[C@H](C(=O)Nc2ccc(F)cc2Cl)CC1. The Hall–Kier alpha value is -3.02. The summed E-state index contributed by atoms with van der Waals surface area (Å²) >= 11 is 6.05. The zero-order valence-electron chi connectivity index (χ0n) is 20.3. The molecule has 1 saturated carbocycles. The minimum atomic E-state index is -0.743. The topological polar surface area (TPSA) is 134 Å². The normalized spacial score (nSPS) is 22.6. The lowest BCUT2D eigenvalue weighted by Crippen LogP contribution is -2.68. The number of carbonyl (C=O) groups excluding carboxylic acids is 3. The third-order valence-electron chi connectivity index (χ3n) is 7.69. The number of nitrogens with one attached hydrogen (secondary N) is 2. The van der Waals surface area contributed by atoms with Crippen molar-refractivity contribution in [1.29, 1.82) is 0 Å². The van der Waals surface area contributed by atoms with E-state index in [-0.39, 0.29) is 45.8 Å². The minimum Gasteiger partial charge on any atom is -0.372 e. The standard InChI is InChI=1S/C25H30ClFN6O4/c26-18-11-16(27)3-6-19(18)31-23(35)15-1-4-17(5-2-15)33(9-8-32-12-25(13-32)7-10-37-25)24(36)21-20(22(28)34)29-14-30-21/h3,6,11,14-15,17H,1-2,4-5,7-10,12-13H2,(H2,28,34)(H,29,30)(H,31,35)/t15-,17-. The monoisotopic (exact) mass is 532 g/mol. The van der Waals surface area contributed by atoms with Crippen LogP contribution in [-0.4, -0.2) is 81.9 Å². The summed E-state index contributed by atoms with van der Waals surface area (Å²) in [5, 5.41) is 2.93. The van der Waals surface area contributed by atoms with Gasteiger partial charge in [-0.3, -0.25) is 19.3 Å². The van der Waals surface area contributed by atoms with Gasteiger partial charge in [0.1, 0.15) is 11.5 Å². The van der Waals surface area contributed by atoms with Crippen molar-refractivity contribution in [3.8, 4) is 0 Å². The van der Waals surface area contributed by atoms with Crippen molar-refractivity contribution in [1.82, 2.24) is 19.8 Å². The van der Waals surface area contributed by atoms with Gasteiger partial charge in [0.15, 0.2) is 5.69 Å². The number of nitrogens with zero attached hydrogens (tertiary/aromatic N) is 3. The Morgan fingerprint density at radius 2 is 2.00 bits per heavy atom. The van der Waals surface area contributed by atoms with Gasteiger partial charge in [0.25, 0.3) is 11.8 Å². The van der Waals surface area contributed by atoms with Crippen molar-refractivity contribution in [2.75, 3.05) is 38.1 Å². The number of carbonyl (C=O) groups is 3. The molecule has 2 saturated heterocycles. The highest BCUT2D eigenvalue weighted by Gasteiger charge is 2.49. The molecule has 3 aliphatic rings. The summed E-state index contributed by atoms with van der Waals surface area (Å²) < 4.78 is 19.0. The molecule has 4 N–H and O–H groups in total. The number of hydrogen-bond acceptors (Lipinski definition) is 6. The molecule has 10 nitrogen and oxygen atoms in total. The van der Waals surface area contributed by atoms with E-state index in [9.17, 15) is 18.8 Å². The summed E-state index contributed by atoms with van der Waals surface area (Å²) in [4.78, 5) is 49.0. The second kappa shape index (κ2) is 10.4. The zero-order valence-corrected chi connectivity index (χ0v) is 21.1. The van der Waals surface area contributed by atoms with Crippen molar-refractivity contribution in [2.45, 2.75) is 43.7 Å². The molecular weight excluding hydrogens is 503 g/mol. The second-order valence-corrected chi connectivity index (χ2v) is 10.5. The third-order valence-corrected chi connectivity index (χ3v) is 8.01. The number of primary amides is 1. The molecule has 3 heterocycles. The fourth-order valence-corrected chi connectivity index (χ4v) is 5.74. The van der Waals surface area contributed by atoms with Crippen molar-refractivity contribution >= 4 is 35.0 Å². The third kappa shape index (κ3) is 5.34. The van der Waals surface area contributed by atoms with E-state index in [0.29, 0.717) is 44.5 Å². The molecule has 2 aromatic rings. The highest BCUT2D eigenvalue weighted by molar-refractivity contribution is 6.33. The van der Waals surface area contributed by atoms with Crippen molar-refractivity contribution in [2.24, 2.45) is 11.7 Å². The summed E-state index contributed by atoms with van der Waals surface area (Å²) in [5.41, 5.74) is 5.80. The smallest absolute Gasteiger partial charge is 0.275 e. The molecule has 37 heavy (non-hydrogen) atoms. The van der Waals surface area contributed by atoms with Crippen LogP contribution in [0.3, 0.4) is 0 Å². The lowest BCUT2D eigenvalue weighted by atomic mass is 9.84. The number of amides is 3. The van der Waals surface area contributed by atoms with Crippen LogP contribution in [0.1, 0.15) is 53.1 Å². The minimum absolute atomic E-state index is 0.00495. The molecule has 1 spiro atoms. The summed E-state index contributed by atoms with van der Waals surface area (Å²) in [6.07, 6.45) is 4.73. The van der Waals surface area contributed by atoms with Crippen LogP contribution in [0.2, 0.25) is 5.02 Å². The van der Waals surface area contributed by atoms with Gasteiger partial charge in [-0.1, -0.05) is 11.6 Å². The summed E-state index contributed by atoms with van der Waals surface area (Å²) in [5.74, 6) is -2.01. The Labute approximate surface area is 218 Å². The van der Waals surface area contributed by atoms with E-state index < -0.39 is 11.7 Å². The van der Waals surface area contributed by atoms with Crippen LogP contribution < -0.4 is 11.1 Å². The molecule has 1 aromatic heterocycles. The Morgan fingerprint density at radius 1 is 1.27 bits per heavy atom. The first kappa shape index (κ1) is 25.6. The van der Waals surface area contributed by atoms with Gasteiger partial charge >= 0.3 is 0 Å². The van der Waals surface area contributed by atoms with Gasteiger partial charge in [0, 0.05) is 44.6 Å². The highest BCUT2D eigenvalue weighted by Crippen LogP contribution is 2.36. The van der Waals surface area contributed by atoms with Gasteiger partial charge in [-0.05, 0) is 43.9 Å². The van der Waals surface area contributed by atoms with E-state index in [4.69, 9.17) is 22.1 Å². The summed E-state index contributed by atoms with van der Waals surface area (Å²) in [7, 11) is 0. The van der Waals surface area contributed by atoms with Gasteiger partial charge in [-0.2, -0.15) is 0 Å². The fraction of sp³-hybridized carbons (Fsp3) is 0.520. The Morgan fingerprint density at radius 3 is 2.62 bits per heavy atom. The number of rotatable bonds is 8. The molecule has 0 bridgehead atoms. The summed E-state index contributed by atoms with van der Waals surface area (Å²) in [6, 6.07) is 3.73. The van der Waals surface area contributed by atoms with Gasteiger partial charge in [-0.25, -0.2) is 9.37 Å². The van der Waals surface area contributed by atoms with Crippen LogP contribution in [-0.2, 0) is 9.53 Å². The number of benzene rings is 1. The van der Waals surface area contributed by atoms with E-state index in [2.05, 4.69) is 20.2 Å². The maximum absolute atomic E-state index is 13.5. The van der Waals surface area contributed by atoms with E-state index in [1.54, 1.807) is 4.90 Å². The summed E-state index contributed by atoms with van der Waals surface area (Å²) in [6.45, 7) is 3.65. The van der Waals surface area contributed by atoms with Crippen molar-refractivity contribution in [3.63, 3.8) is 0 Å². The maximum Gasteiger partial charge on any atom is 0.275 e. The molecule has 0 radical (unpaired) electrons. The molecule has 1 aromatic carbocycles. The van der Waals surface area contributed by atoms with Crippen molar-refractivity contribution < 1.29 is 23.5 Å². The molecule has 2 aliphatic heterocycles. The Bertz CT molecular complexity index is 1190. The van der Waals surface area contributed by atoms with Gasteiger partial charge in [-0.15, -0.1) is 0 Å². The predicted molar refractivity (Wildman–Crippen MR) is 134 cm³/mol. The molecular formula is C25H30ClFN6O4. The second-order valence-electron chi connectivity index (χ2n) is 10.1. The fourth-order valence-electron chi connectivity index (χ4n) is 5.52. The van der Waals surface area contributed by atoms with Crippen molar-refractivity contribution in [3.05, 3.63) is 46.8 Å². The van der Waals surface area contributed by atoms with E-state index in [0.717, 1.165) is 32.2 Å². The maximum atomic E-state index is 13.5. The Kier molecular flexibility index (Phi) is 7.19. The predicted octanol–water partition coefficient (Wildman–Crippen LogP) is 2.42. The first-order valence-corrected chi connectivity index (χ1v) is 12.9. The Balaban J connectivity index is 1.23. The number of H-pyrrole nitrogens is 1. The number of ether oxygens (including phenoxy) is 1. The van der Waals surface area contributed by atoms with Gasteiger partial charge in [0.05, 0.1) is 29.2 Å². The van der Waals surface area contributed by atoms with E-state index in [1.165, 1.54) is 18.5 Å². The van der Waals surface area contributed by atoms with Crippen LogP contribution in [0, 0.1) is 11.7 Å². The molecule has 12 heteroatoms. The number of anilines is 1. The van der Waals surface area contributed by atoms with E-state index in [1.807, 2.05) is 0 Å². The lowest BCUT2D eigenvalue weighted by molar-refractivity contribution is -0.221. The number of aromatic amines is 1. The van der Waals surface area contributed by atoms with Crippen LogP contribution >= 0.6 is 11.6 Å². The molecule has 3 amide bonds. The number of imidazole rings is 1. The van der Waals surface area contributed by atoms with Gasteiger partial charge < -0.3 is 25.7 Å². The van der Waals surface area contributed by atoms with Gasteiger partial charge in [0.2, 0.25) is 5.91 Å². The largest absolute Gasteiger partial charge is 0.372 e. The quantitative estimate of drug-likeness (QED) is 0.478. The average molecular weight is 533 g/mol. The average Bonchev–Trinajstić information content (AvgIpc) is 3.31. The van der Waals surface area contributed by atoms with Crippen LogP contribution in [0.25, 0.3) is 0 Å². The number of likely N-dealkylation sites (tertiary alicyclic amines) is 1. The molecule has 3 fully saturated rings. The zero-order chi connectivity index (χ0) is 26.2. The molecule has 5 rings (SSSR count). The van der Waals surface area contributed by atoms with Crippen LogP contribution in [0.15, 0.2) is 24.5 Å². The number of aromatic nitrogens is 2. The molecule has 0 unspecified atom stereocenters. The lowest BCUT2D eigenvalue weighted by Gasteiger charge is -2.55.